The van der Waals surface area contributed by atoms with E-state index < -0.39 is 5.97 Å². The van der Waals surface area contributed by atoms with Crippen LogP contribution >= 0.6 is 0 Å². The van der Waals surface area contributed by atoms with E-state index in [0.29, 0.717) is 17.3 Å². The molecule has 0 amide bonds. The molecule has 0 aliphatic carbocycles. The summed E-state index contributed by atoms with van der Waals surface area (Å²) in [5, 5.41) is 10.1. The number of esters is 1. The van der Waals surface area contributed by atoms with E-state index in [2.05, 4.69) is 9.97 Å². The van der Waals surface area contributed by atoms with E-state index in [-0.39, 0.29) is 29.6 Å². The summed E-state index contributed by atoms with van der Waals surface area (Å²) in [4.78, 5) is 21.1. The van der Waals surface area contributed by atoms with Crippen molar-refractivity contribution >= 4 is 16.9 Å². The summed E-state index contributed by atoms with van der Waals surface area (Å²) in [5.41, 5.74) is 2.88. The van der Waals surface area contributed by atoms with Crippen molar-refractivity contribution in [2.24, 2.45) is 0 Å². The minimum Gasteiger partial charge on any atom is -0.484 e. The Balaban J connectivity index is 0.00000158. The van der Waals surface area contributed by atoms with Gasteiger partial charge in [-0.3, -0.25) is 4.98 Å². The van der Waals surface area contributed by atoms with Crippen LogP contribution in [0.15, 0.2) is 66.9 Å². The van der Waals surface area contributed by atoms with Gasteiger partial charge in [0.05, 0.1) is 7.11 Å². The largest absolute Gasteiger partial charge is 0.484 e. The summed E-state index contributed by atoms with van der Waals surface area (Å²) < 4.78 is 24.0. The molecule has 0 aliphatic heterocycles. The third-order valence-corrected chi connectivity index (χ3v) is 4.89. The molecule has 0 fully saturated rings. The molecule has 0 N–H and O–H groups in total. The van der Waals surface area contributed by atoms with Gasteiger partial charge in [0.2, 0.25) is 0 Å². The molecule has 2 aromatic heterocycles. The highest BCUT2D eigenvalue weighted by Gasteiger charge is 2.23. The second kappa shape index (κ2) is 11.5. The first kappa shape index (κ1) is 24.3. The van der Waals surface area contributed by atoms with Crippen molar-refractivity contribution in [1.29, 1.82) is 5.26 Å². The third-order valence-electron chi connectivity index (χ3n) is 4.89. The highest BCUT2D eigenvalue weighted by Crippen LogP contribution is 2.31. The van der Waals surface area contributed by atoms with Crippen LogP contribution in [0.4, 0.5) is 4.39 Å². The number of carbonyl (C=O) groups excluding carboxylic acids is 1. The van der Waals surface area contributed by atoms with E-state index >= 15 is 0 Å². The Labute approximate surface area is 197 Å². The molecule has 0 aliphatic rings. The maximum atomic E-state index is 13.2. The van der Waals surface area contributed by atoms with Crippen molar-refractivity contribution in [3.63, 3.8) is 0 Å². The predicted molar refractivity (Wildman–Crippen MR) is 127 cm³/mol. The lowest BCUT2D eigenvalue weighted by molar-refractivity contribution is 0.0588. The molecule has 4 aromatic rings. The molecule has 2 heterocycles. The molecule has 2 aromatic carbocycles. The molecule has 4 rings (SSSR count). The molecular weight excluding hydrogens is 433 g/mol. The van der Waals surface area contributed by atoms with Crippen molar-refractivity contribution in [3.8, 4) is 11.8 Å². The number of hydrogen-bond acceptors (Lipinski definition) is 6. The Hall–Kier alpha value is -4.31. The fourth-order valence-electron chi connectivity index (χ4n) is 3.33. The molecule has 172 valence electrons. The lowest BCUT2D eigenvalue weighted by atomic mass is 10.0. The van der Waals surface area contributed by atoms with Crippen molar-refractivity contribution < 1.29 is 18.7 Å². The van der Waals surface area contributed by atoms with Crippen LogP contribution in [0.25, 0.3) is 10.9 Å². The van der Waals surface area contributed by atoms with Crippen LogP contribution < -0.4 is 4.74 Å². The van der Waals surface area contributed by atoms with Gasteiger partial charge < -0.3 is 9.47 Å². The molecular formula is C27H24FN3O3. The fraction of sp³-hybridized carbons (Fsp3) is 0.185. The Morgan fingerprint density at radius 2 is 1.74 bits per heavy atom. The van der Waals surface area contributed by atoms with Crippen molar-refractivity contribution in [3.05, 3.63) is 101 Å². The molecule has 0 saturated heterocycles. The molecule has 0 saturated carbocycles. The molecule has 0 spiro atoms. The standard InChI is InChI=1S/C25H18FN3O3.C2H6/c1-31-25(30)23-24(32-15-17-5-3-2-4-6-17)22-20(21(13-27)29-23)12-18(14-28-22)11-16-7-9-19(26)10-8-16;1-2/h2-10,12,14H,11,15H2,1H3;1-2H3. The van der Waals surface area contributed by atoms with Gasteiger partial charge in [-0.2, -0.15) is 5.26 Å². The number of rotatable bonds is 6. The Morgan fingerprint density at radius 1 is 1.03 bits per heavy atom. The topological polar surface area (TPSA) is 85.1 Å². The summed E-state index contributed by atoms with van der Waals surface area (Å²) in [6, 6.07) is 19.4. The number of hydrogen-bond donors (Lipinski definition) is 0. The second-order valence-electron chi connectivity index (χ2n) is 7.06. The van der Waals surface area contributed by atoms with Crippen LogP contribution in [0.1, 0.15) is 46.7 Å². The summed E-state index contributed by atoms with van der Waals surface area (Å²) in [5.74, 6) is -0.872. The van der Waals surface area contributed by atoms with E-state index in [1.54, 1.807) is 24.4 Å². The number of aromatic nitrogens is 2. The fourth-order valence-corrected chi connectivity index (χ4v) is 3.33. The van der Waals surface area contributed by atoms with Crippen LogP contribution in [0.3, 0.4) is 0 Å². The number of methoxy groups -OCH3 is 1. The Morgan fingerprint density at radius 3 is 2.38 bits per heavy atom. The number of fused-ring (bicyclic) bond motifs is 1. The summed E-state index contributed by atoms with van der Waals surface area (Å²) in [7, 11) is 1.24. The number of nitrogens with zero attached hydrogens (tertiary/aromatic N) is 3. The molecule has 34 heavy (non-hydrogen) atoms. The van der Waals surface area contributed by atoms with E-state index in [1.165, 1.54) is 19.2 Å². The van der Waals surface area contributed by atoms with Crippen molar-refractivity contribution in [2.75, 3.05) is 7.11 Å². The number of ether oxygens (including phenoxy) is 2. The molecule has 0 radical (unpaired) electrons. The number of carbonyl (C=O) groups is 1. The zero-order valence-electron chi connectivity index (χ0n) is 19.2. The second-order valence-corrected chi connectivity index (χ2v) is 7.06. The van der Waals surface area contributed by atoms with Crippen molar-refractivity contribution in [1.82, 2.24) is 9.97 Å². The van der Waals surface area contributed by atoms with Crippen LogP contribution in [-0.2, 0) is 17.8 Å². The predicted octanol–water partition coefficient (Wildman–Crippen LogP) is 5.62. The van der Waals surface area contributed by atoms with Gasteiger partial charge in [-0.1, -0.05) is 56.3 Å². The van der Waals surface area contributed by atoms with Gasteiger partial charge in [0.15, 0.2) is 17.1 Å². The van der Waals surface area contributed by atoms with Gasteiger partial charge in [-0.05, 0) is 41.3 Å². The zero-order chi connectivity index (χ0) is 24.5. The van der Waals surface area contributed by atoms with E-state index in [0.717, 1.165) is 16.7 Å². The summed E-state index contributed by atoms with van der Waals surface area (Å²) in [6.45, 7) is 4.19. The lowest BCUT2D eigenvalue weighted by Crippen LogP contribution is -2.11. The third kappa shape index (κ3) is 5.54. The molecule has 6 nitrogen and oxygen atoms in total. The SMILES string of the molecule is CC.COC(=O)c1nc(C#N)c2cc(Cc3ccc(F)cc3)cnc2c1OCc1ccccc1. The average Bonchev–Trinajstić information content (AvgIpc) is 2.89. The van der Waals surface area contributed by atoms with Gasteiger partial charge in [-0.15, -0.1) is 0 Å². The van der Waals surface area contributed by atoms with Gasteiger partial charge in [0, 0.05) is 11.6 Å². The van der Waals surface area contributed by atoms with Crippen LogP contribution in [0, 0.1) is 17.1 Å². The van der Waals surface area contributed by atoms with Crippen molar-refractivity contribution in [2.45, 2.75) is 26.9 Å². The highest BCUT2D eigenvalue weighted by atomic mass is 19.1. The van der Waals surface area contributed by atoms with Gasteiger partial charge in [0.1, 0.15) is 24.0 Å². The minimum atomic E-state index is -0.719. The number of pyridine rings is 2. The van der Waals surface area contributed by atoms with Crippen LogP contribution in [0.5, 0.6) is 5.75 Å². The molecule has 0 unspecified atom stereocenters. The van der Waals surface area contributed by atoms with Gasteiger partial charge >= 0.3 is 5.97 Å². The Kier molecular flexibility index (Phi) is 8.25. The van der Waals surface area contributed by atoms with E-state index in [4.69, 9.17) is 9.47 Å². The normalized spacial score (nSPS) is 10.1. The first-order chi connectivity index (χ1) is 16.6. The van der Waals surface area contributed by atoms with E-state index in [9.17, 15) is 14.4 Å². The quantitative estimate of drug-likeness (QED) is 0.349. The first-order valence-electron chi connectivity index (χ1n) is 10.8. The Bertz CT molecular complexity index is 1320. The number of halogens is 1. The van der Waals surface area contributed by atoms with Crippen LogP contribution in [0.2, 0.25) is 0 Å². The zero-order valence-corrected chi connectivity index (χ0v) is 19.2. The average molecular weight is 458 g/mol. The summed E-state index contributed by atoms with van der Waals surface area (Å²) in [6.07, 6.45) is 2.14. The monoisotopic (exact) mass is 457 g/mol. The smallest absolute Gasteiger partial charge is 0.360 e. The maximum absolute atomic E-state index is 13.2. The molecule has 0 bridgehead atoms. The van der Waals surface area contributed by atoms with Crippen LogP contribution in [-0.4, -0.2) is 23.0 Å². The number of nitriles is 1. The lowest BCUT2D eigenvalue weighted by Gasteiger charge is -2.14. The summed E-state index contributed by atoms with van der Waals surface area (Å²) >= 11 is 0. The highest BCUT2D eigenvalue weighted by molar-refractivity contribution is 5.99. The molecule has 7 heteroatoms. The van der Waals surface area contributed by atoms with E-state index in [1.807, 2.05) is 50.2 Å². The number of benzene rings is 2. The van der Waals surface area contributed by atoms with Gasteiger partial charge in [-0.25, -0.2) is 14.2 Å². The molecule has 0 atom stereocenters. The first-order valence-corrected chi connectivity index (χ1v) is 10.8. The minimum absolute atomic E-state index is 0.0425. The maximum Gasteiger partial charge on any atom is 0.360 e. The van der Waals surface area contributed by atoms with Gasteiger partial charge in [0.25, 0.3) is 0 Å².